The van der Waals surface area contributed by atoms with Crippen LogP contribution in [0.25, 0.3) is 22.5 Å². The molecule has 242 valence electrons. The largest absolute Gasteiger partial charge is 0.460 e. The van der Waals surface area contributed by atoms with Crippen LogP contribution in [0.5, 0.6) is 0 Å². The number of pyridine rings is 2. The number of esters is 2. The van der Waals surface area contributed by atoms with Crippen molar-refractivity contribution in [3.63, 3.8) is 0 Å². The molecule has 0 bridgehead atoms. The first kappa shape index (κ1) is 33.8. The maximum Gasteiger partial charge on any atom is 0.316 e. The van der Waals surface area contributed by atoms with Gasteiger partial charge in [0.1, 0.15) is 12.4 Å². The Bertz CT molecular complexity index is 1840. The quantitative estimate of drug-likeness (QED) is 0.359. The fourth-order valence-electron chi connectivity index (χ4n) is 5.35. The molecule has 1 aliphatic carbocycles. The van der Waals surface area contributed by atoms with Gasteiger partial charge in [-0.05, 0) is 97.6 Å². The van der Waals surface area contributed by atoms with Gasteiger partial charge in [-0.2, -0.15) is 0 Å². The number of allylic oxidation sites excluding steroid dienone is 2. The number of carbonyl (C=O) groups excluding carboxylic acids is 3. The van der Waals surface area contributed by atoms with Crippen LogP contribution in [0, 0.1) is 10.8 Å². The highest BCUT2D eigenvalue weighted by Gasteiger charge is 2.40. The van der Waals surface area contributed by atoms with Gasteiger partial charge < -0.3 is 19.9 Å². The lowest BCUT2D eigenvalue weighted by molar-refractivity contribution is -0.154. The van der Waals surface area contributed by atoms with Crippen molar-refractivity contribution in [2.24, 2.45) is 10.8 Å². The van der Waals surface area contributed by atoms with E-state index in [0.29, 0.717) is 35.0 Å². The van der Waals surface area contributed by atoms with Crippen LogP contribution in [0.2, 0.25) is 0 Å². The van der Waals surface area contributed by atoms with Gasteiger partial charge in [0.05, 0.1) is 32.8 Å². The van der Waals surface area contributed by atoms with Crippen LogP contribution in [-0.2, 0) is 48.9 Å². The van der Waals surface area contributed by atoms with Crippen LogP contribution in [0.1, 0.15) is 97.9 Å². The first-order valence-electron chi connectivity index (χ1n) is 15.5. The Hall–Kier alpha value is -4.05. The number of carbonyl (C=O) groups is 3. The Labute approximate surface area is 263 Å². The second kappa shape index (κ2) is 12.0. The SMILES string of the molecule is CCc1c2c(nc3c1cn1c(=O)c(COC(=O)C(C)(C)C)c([C@@](O)(CC)C(=O)NC(C)C)cc31)=CC=C(OC(=O)C(C)(C)C)C2. The van der Waals surface area contributed by atoms with Crippen LogP contribution >= 0.6 is 0 Å². The van der Waals surface area contributed by atoms with Crippen molar-refractivity contribution in [2.45, 2.75) is 107 Å². The average Bonchev–Trinajstić information content (AvgIpc) is 3.31. The summed E-state index contributed by atoms with van der Waals surface area (Å²) < 4.78 is 12.7. The Morgan fingerprint density at radius 1 is 1.02 bits per heavy atom. The average molecular weight is 620 g/mol. The Balaban J connectivity index is 1.98. The van der Waals surface area contributed by atoms with Crippen LogP contribution in [0.3, 0.4) is 0 Å². The lowest BCUT2D eigenvalue weighted by Crippen LogP contribution is -2.48. The van der Waals surface area contributed by atoms with Gasteiger partial charge in [0.25, 0.3) is 11.5 Å². The third-order valence-corrected chi connectivity index (χ3v) is 8.01. The third kappa shape index (κ3) is 6.38. The van der Waals surface area contributed by atoms with Crippen molar-refractivity contribution in [1.29, 1.82) is 0 Å². The van der Waals surface area contributed by atoms with Crippen molar-refractivity contribution in [1.82, 2.24) is 14.7 Å². The summed E-state index contributed by atoms with van der Waals surface area (Å²) in [5.74, 6) is -0.995. The number of ether oxygens (including phenoxy) is 2. The van der Waals surface area contributed by atoms with E-state index in [0.717, 1.165) is 16.5 Å². The molecule has 0 fully saturated rings. The zero-order valence-corrected chi connectivity index (χ0v) is 28.0. The monoisotopic (exact) mass is 619 g/mol. The lowest BCUT2D eigenvalue weighted by atomic mass is 9.86. The van der Waals surface area contributed by atoms with E-state index in [1.165, 1.54) is 4.40 Å². The Kier molecular flexibility index (Phi) is 9.05. The molecule has 4 rings (SSSR count). The van der Waals surface area contributed by atoms with Gasteiger partial charge >= 0.3 is 11.9 Å². The molecule has 2 N–H and O–H groups in total. The first-order chi connectivity index (χ1) is 20.8. The van der Waals surface area contributed by atoms with Crippen molar-refractivity contribution in [2.75, 3.05) is 0 Å². The normalized spacial score (nSPS) is 14.9. The minimum absolute atomic E-state index is 0.0103. The van der Waals surface area contributed by atoms with E-state index in [-0.39, 0.29) is 29.6 Å². The molecule has 0 radical (unpaired) electrons. The van der Waals surface area contributed by atoms with Crippen molar-refractivity contribution < 1.29 is 29.0 Å². The maximum atomic E-state index is 14.2. The van der Waals surface area contributed by atoms with Gasteiger partial charge in [0, 0.05) is 29.6 Å². The van der Waals surface area contributed by atoms with E-state index in [4.69, 9.17) is 14.5 Å². The molecule has 10 heteroatoms. The second-order valence-corrected chi connectivity index (χ2v) is 14.1. The number of aryl methyl sites for hydroxylation is 1. The summed E-state index contributed by atoms with van der Waals surface area (Å²) in [7, 11) is 0. The molecule has 0 aliphatic heterocycles. The standard InChI is InChI=1S/C35H45N3O7/c1-11-21-22-15-20(45-32(42)34(8,9)10)13-14-26(22)37-28-23(21)17-38-27(28)16-25(35(43,12-2)30(40)36-19(3)4)24(29(38)39)18-44-31(41)33(5,6)7/h13-14,16-17,19,43H,11-12,15,18H2,1-10H3,(H,36,40)/t35-/m0/s1. The van der Waals surface area contributed by atoms with Crippen LogP contribution in [0.4, 0.5) is 0 Å². The summed E-state index contributed by atoms with van der Waals surface area (Å²) in [5, 5.41) is 16.1. The van der Waals surface area contributed by atoms with Crippen molar-refractivity contribution in [3.05, 3.63) is 62.1 Å². The summed E-state index contributed by atoms with van der Waals surface area (Å²) in [5.41, 5.74) is -1.21. The highest BCUT2D eigenvalue weighted by atomic mass is 16.5. The smallest absolute Gasteiger partial charge is 0.316 e. The summed E-state index contributed by atoms with van der Waals surface area (Å²) in [6.07, 6.45) is 6.18. The number of rotatable bonds is 8. The number of aliphatic hydroxyl groups is 1. The predicted octanol–water partition coefficient (Wildman–Crippen LogP) is 4.15. The molecule has 0 spiro atoms. The van der Waals surface area contributed by atoms with Crippen LogP contribution < -0.4 is 16.2 Å². The number of nitrogens with one attached hydrogen (secondary N) is 1. The molecule has 3 aromatic heterocycles. The summed E-state index contributed by atoms with van der Waals surface area (Å²) in [6, 6.07) is 1.35. The maximum absolute atomic E-state index is 14.2. The number of amides is 1. The molecule has 1 aliphatic rings. The van der Waals surface area contributed by atoms with Gasteiger partial charge in [-0.1, -0.05) is 13.8 Å². The van der Waals surface area contributed by atoms with Crippen molar-refractivity contribution in [3.8, 4) is 0 Å². The van der Waals surface area contributed by atoms with Gasteiger partial charge in [-0.3, -0.25) is 23.6 Å². The van der Waals surface area contributed by atoms with Gasteiger partial charge in [0.15, 0.2) is 5.60 Å². The zero-order valence-electron chi connectivity index (χ0n) is 28.0. The molecule has 0 unspecified atom stereocenters. The molecular formula is C35H45N3O7. The minimum atomic E-state index is -2.08. The fraction of sp³-hybridized carbons (Fsp3) is 0.514. The molecular weight excluding hydrogens is 574 g/mol. The molecule has 3 heterocycles. The molecule has 0 saturated heterocycles. The second-order valence-electron chi connectivity index (χ2n) is 14.1. The van der Waals surface area contributed by atoms with E-state index >= 15 is 0 Å². The topological polar surface area (TPSA) is 136 Å². The highest BCUT2D eigenvalue weighted by Crippen LogP contribution is 2.33. The number of fused-ring (bicyclic) bond motifs is 4. The van der Waals surface area contributed by atoms with E-state index < -0.39 is 40.5 Å². The molecule has 1 atom stereocenters. The minimum Gasteiger partial charge on any atom is -0.460 e. The predicted molar refractivity (Wildman–Crippen MR) is 172 cm³/mol. The van der Waals surface area contributed by atoms with E-state index in [1.54, 1.807) is 86.7 Å². The summed E-state index contributed by atoms with van der Waals surface area (Å²) in [6.45, 7) is 17.3. The van der Waals surface area contributed by atoms with Gasteiger partial charge in [0.2, 0.25) is 0 Å². The van der Waals surface area contributed by atoms with Crippen LogP contribution in [0.15, 0.2) is 28.9 Å². The molecule has 10 nitrogen and oxygen atoms in total. The summed E-state index contributed by atoms with van der Waals surface area (Å²) >= 11 is 0. The van der Waals surface area contributed by atoms with Crippen LogP contribution in [-0.4, -0.2) is 38.4 Å². The Morgan fingerprint density at radius 2 is 1.67 bits per heavy atom. The number of hydrogen-bond acceptors (Lipinski definition) is 8. The van der Waals surface area contributed by atoms with Gasteiger partial charge in [-0.25, -0.2) is 4.98 Å². The molecule has 0 saturated carbocycles. The first-order valence-corrected chi connectivity index (χ1v) is 15.5. The molecule has 1 amide bonds. The lowest BCUT2D eigenvalue weighted by Gasteiger charge is -2.29. The molecule has 0 aromatic carbocycles. The van der Waals surface area contributed by atoms with E-state index in [1.807, 2.05) is 6.92 Å². The molecule has 45 heavy (non-hydrogen) atoms. The number of nitrogens with zero attached hydrogens (tertiary/aromatic N) is 2. The number of aromatic nitrogens is 2. The van der Waals surface area contributed by atoms with E-state index in [2.05, 4.69) is 5.32 Å². The van der Waals surface area contributed by atoms with E-state index in [9.17, 15) is 24.3 Å². The number of hydrogen-bond donors (Lipinski definition) is 2. The van der Waals surface area contributed by atoms with Crippen molar-refractivity contribution >= 4 is 40.3 Å². The summed E-state index contributed by atoms with van der Waals surface area (Å²) in [4.78, 5) is 57.9. The fourth-order valence-corrected chi connectivity index (χ4v) is 5.35. The zero-order chi connectivity index (χ0) is 33.6. The highest BCUT2D eigenvalue weighted by molar-refractivity contribution is 5.98. The molecule has 3 aromatic rings. The van der Waals surface area contributed by atoms with Gasteiger partial charge in [-0.15, -0.1) is 0 Å². The third-order valence-electron chi connectivity index (χ3n) is 8.01. The Morgan fingerprint density at radius 3 is 2.22 bits per heavy atom.